The summed E-state index contributed by atoms with van der Waals surface area (Å²) < 4.78 is 1.49. The van der Waals surface area contributed by atoms with Crippen LogP contribution in [0.3, 0.4) is 0 Å². The average Bonchev–Trinajstić information content (AvgIpc) is 3.24. The lowest BCUT2D eigenvalue weighted by molar-refractivity contribution is -0.119. The smallest absolute Gasteiger partial charge is 0.249 e. The molecule has 0 spiro atoms. The van der Waals surface area contributed by atoms with Crippen molar-refractivity contribution in [3.05, 3.63) is 36.9 Å². The molecule has 1 aromatic carbocycles. The van der Waals surface area contributed by atoms with Gasteiger partial charge in [-0.1, -0.05) is 19.3 Å². The van der Waals surface area contributed by atoms with Crippen LogP contribution in [0.4, 0.5) is 11.4 Å². The summed E-state index contributed by atoms with van der Waals surface area (Å²) in [6, 6.07) is 6.62. The lowest BCUT2D eigenvalue weighted by Crippen LogP contribution is -2.36. The zero-order valence-electron chi connectivity index (χ0n) is 17.0. The summed E-state index contributed by atoms with van der Waals surface area (Å²) in [7, 11) is 0. The van der Waals surface area contributed by atoms with Crippen LogP contribution in [0.1, 0.15) is 51.5 Å². The van der Waals surface area contributed by atoms with Crippen molar-refractivity contribution in [1.82, 2.24) is 14.8 Å². The third-order valence-electron chi connectivity index (χ3n) is 5.53. The number of nitrogens with one attached hydrogen (secondary N) is 2. The number of carbonyl (C=O) groups excluding carboxylic acids is 2. The number of nitrogens with two attached hydrogens (primary N) is 1. The number of aromatic nitrogens is 3. The number of anilines is 2. The van der Waals surface area contributed by atoms with Crippen molar-refractivity contribution in [3.8, 4) is 0 Å². The van der Waals surface area contributed by atoms with Crippen LogP contribution in [0, 0.1) is 5.41 Å². The molecule has 0 radical (unpaired) electrons. The van der Waals surface area contributed by atoms with Crippen molar-refractivity contribution >= 4 is 48.0 Å². The molecular weight excluding hydrogens is 427 g/mol. The number of amides is 2. The average molecular weight is 457 g/mol. The standard InChI is InChI=1S/C20H28N6O2.2ClH/c1-15(26-14-22-13-23-26)19(28)25-17-7-5-16(6-8-17)24-18(27)11-20(12-21)9-3-2-4-10-20;;/h5-8,13-15H,2-4,9-12,21H2,1H3,(H,24,27)(H,25,28);2*1H. The van der Waals surface area contributed by atoms with Gasteiger partial charge in [0, 0.05) is 17.8 Å². The van der Waals surface area contributed by atoms with Gasteiger partial charge in [-0.05, 0) is 56.0 Å². The highest BCUT2D eigenvalue weighted by molar-refractivity contribution is 5.94. The number of hydrogen-bond acceptors (Lipinski definition) is 5. The van der Waals surface area contributed by atoms with E-state index in [2.05, 4.69) is 20.7 Å². The number of halogens is 2. The van der Waals surface area contributed by atoms with Crippen molar-refractivity contribution in [1.29, 1.82) is 0 Å². The molecule has 2 amide bonds. The summed E-state index contributed by atoms with van der Waals surface area (Å²) >= 11 is 0. The molecule has 1 unspecified atom stereocenters. The second-order valence-electron chi connectivity index (χ2n) is 7.61. The maximum Gasteiger partial charge on any atom is 0.249 e. The van der Waals surface area contributed by atoms with Gasteiger partial charge in [-0.15, -0.1) is 24.8 Å². The first-order chi connectivity index (χ1) is 13.5. The first kappa shape index (κ1) is 25.9. The van der Waals surface area contributed by atoms with Crippen molar-refractivity contribution in [2.45, 2.75) is 51.5 Å². The molecule has 0 saturated heterocycles. The van der Waals surface area contributed by atoms with Crippen LogP contribution in [0.25, 0.3) is 0 Å². The molecule has 1 atom stereocenters. The van der Waals surface area contributed by atoms with Crippen LogP contribution >= 0.6 is 24.8 Å². The molecule has 10 heteroatoms. The monoisotopic (exact) mass is 456 g/mol. The Morgan fingerprint density at radius 2 is 1.70 bits per heavy atom. The quantitative estimate of drug-likeness (QED) is 0.588. The minimum Gasteiger partial charge on any atom is -0.330 e. The molecule has 4 N–H and O–H groups in total. The molecule has 1 aliphatic carbocycles. The molecule has 1 heterocycles. The molecule has 1 aliphatic rings. The topological polar surface area (TPSA) is 115 Å². The first-order valence-corrected chi connectivity index (χ1v) is 9.76. The van der Waals surface area contributed by atoms with Gasteiger partial charge in [-0.25, -0.2) is 9.67 Å². The van der Waals surface area contributed by atoms with Gasteiger partial charge in [0.25, 0.3) is 0 Å². The van der Waals surface area contributed by atoms with Crippen molar-refractivity contribution in [2.24, 2.45) is 11.1 Å². The van der Waals surface area contributed by atoms with E-state index < -0.39 is 6.04 Å². The molecule has 0 bridgehead atoms. The number of carbonyl (C=O) groups is 2. The largest absolute Gasteiger partial charge is 0.330 e. The fraction of sp³-hybridized carbons (Fsp3) is 0.500. The molecule has 0 aliphatic heterocycles. The molecule has 1 saturated carbocycles. The first-order valence-electron chi connectivity index (χ1n) is 9.76. The predicted octanol–water partition coefficient (Wildman–Crippen LogP) is 3.56. The Morgan fingerprint density at radius 3 is 2.23 bits per heavy atom. The van der Waals surface area contributed by atoms with E-state index in [1.807, 2.05) is 0 Å². The Labute approximate surface area is 189 Å². The lowest BCUT2D eigenvalue weighted by atomic mass is 9.71. The third-order valence-corrected chi connectivity index (χ3v) is 5.53. The van der Waals surface area contributed by atoms with Crippen molar-refractivity contribution in [3.63, 3.8) is 0 Å². The van der Waals surface area contributed by atoms with Crippen molar-refractivity contribution in [2.75, 3.05) is 17.2 Å². The van der Waals surface area contributed by atoms with E-state index in [4.69, 9.17) is 5.73 Å². The molecule has 1 aromatic heterocycles. The highest BCUT2D eigenvalue weighted by atomic mass is 35.5. The predicted molar refractivity (Wildman–Crippen MR) is 122 cm³/mol. The Morgan fingerprint density at radius 1 is 1.10 bits per heavy atom. The van der Waals surface area contributed by atoms with Crippen molar-refractivity contribution < 1.29 is 9.59 Å². The minimum atomic E-state index is -0.468. The fourth-order valence-corrected chi connectivity index (χ4v) is 3.72. The minimum absolute atomic E-state index is 0. The van der Waals surface area contributed by atoms with E-state index in [1.54, 1.807) is 31.2 Å². The second kappa shape index (κ2) is 11.9. The Bertz CT molecular complexity index is 792. The Balaban J connectivity index is 0.00000225. The van der Waals surface area contributed by atoms with E-state index >= 15 is 0 Å². The third kappa shape index (κ3) is 6.68. The number of rotatable bonds is 7. The van der Waals surface area contributed by atoms with E-state index in [0.29, 0.717) is 24.3 Å². The normalized spacial score (nSPS) is 15.8. The van der Waals surface area contributed by atoms with Gasteiger partial charge in [0.15, 0.2) is 0 Å². The van der Waals surface area contributed by atoms with Gasteiger partial charge < -0.3 is 16.4 Å². The lowest BCUT2D eigenvalue weighted by Gasteiger charge is -2.35. The highest BCUT2D eigenvalue weighted by Gasteiger charge is 2.32. The molecular formula is C20H30Cl2N6O2. The van der Waals surface area contributed by atoms with E-state index in [0.717, 1.165) is 25.7 Å². The number of benzene rings is 1. The maximum atomic E-state index is 12.5. The molecule has 1 fully saturated rings. The van der Waals surface area contributed by atoms with Gasteiger partial charge in [-0.3, -0.25) is 9.59 Å². The maximum absolute atomic E-state index is 12.5. The van der Waals surface area contributed by atoms with Crippen LogP contribution in [-0.4, -0.2) is 33.1 Å². The van der Waals surface area contributed by atoms with Gasteiger partial charge in [0.2, 0.25) is 11.8 Å². The molecule has 166 valence electrons. The van der Waals surface area contributed by atoms with Gasteiger partial charge in [-0.2, -0.15) is 5.10 Å². The zero-order valence-corrected chi connectivity index (χ0v) is 18.7. The van der Waals surface area contributed by atoms with Crippen LogP contribution in [-0.2, 0) is 9.59 Å². The number of nitrogens with zero attached hydrogens (tertiary/aromatic N) is 3. The summed E-state index contributed by atoms with van der Waals surface area (Å²) in [5, 5.41) is 9.75. The Kier molecular flexibility index (Phi) is 10.2. The zero-order chi connectivity index (χ0) is 20.0. The highest BCUT2D eigenvalue weighted by Crippen LogP contribution is 2.38. The van der Waals surface area contributed by atoms with E-state index in [9.17, 15) is 9.59 Å². The molecule has 2 aromatic rings. The van der Waals surface area contributed by atoms with Crippen LogP contribution in [0.2, 0.25) is 0 Å². The van der Waals surface area contributed by atoms with Gasteiger partial charge in [0.1, 0.15) is 18.7 Å². The molecule has 8 nitrogen and oxygen atoms in total. The van der Waals surface area contributed by atoms with Gasteiger partial charge >= 0.3 is 0 Å². The van der Waals surface area contributed by atoms with Crippen LogP contribution in [0.5, 0.6) is 0 Å². The SMILES string of the molecule is CC(C(=O)Nc1ccc(NC(=O)CC2(CN)CCCCC2)cc1)n1cncn1.Cl.Cl. The summed E-state index contributed by atoms with van der Waals surface area (Å²) in [6.45, 7) is 2.30. The summed E-state index contributed by atoms with van der Waals surface area (Å²) in [5.74, 6) is -0.201. The fourth-order valence-electron chi connectivity index (χ4n) is 3.72. The summed E-state index contributed by atoms with van der Waals surface area (Å²) in [6.07, 6.45) is 8.91. The second-order valence-corrected chi connectivity index (χ2v) is 7.61. The Hall–Kier alpha value is -2.16. The molecule has 3 rings (SSSR count). The molecule has 30 heavy (non-hydrogen) atoms. The van der Waals surface area contributed by atoms with Crippen LogP contribution in [0.15, 0.2) is 36.9 Å². The van der Waals surface area contributed by atoms with Crippen LogP contribution < -0.4 is 16.4 Å². The van der Waals surface area contributed by atoms with E-state index in [1.165, 1.54) is 23.8 Å². The number of hydrogen-bond donors (Lipinski definition) is 3. The summed E-state index contributed by atoms with van der Waals surface area (Å²) in [4.78, 5) is 28.6. The summed E-state index contributed by atoms with van der Waals surface area (Å²) in [5.41, 5.74) is 7.27. The van der Waals surface area contributed by atoms with Gasteiger partial charge in [0.05, 0.1) is 0 Å². The van der Waals surface area contributed by atoms with E-state index in [-0.39, 0.29) is 42.0 Å².